The van der Waals surface area contributed by atoms with Crippen LogP contribution in [0.5, 0.6) is 11.5 Å². The SMILES string of the molecule is N#Cc1cnn2c(Nc3ccc4c(c3)OCCO4)c(-c3ccc4cc[nH]c4c3)[nH]c12. The van der Waals surface area contributed by atoms with Crippen molar-refractivity contribution >= 4 is 28.1 Å². The van der Waals surface area contributed by atoms with E-state index in [0.717, 1.165) is 39.4 Å². The van der Waals surface area contributed by atoms with Gasteiger partial charge in [0.05, 0.1) is 11.9 Å². The van der Waals surface area contributed by atoms with Gasteiger partial charge in [-0.25, -0.2) is 0 Å². The summed E-state index contributed by atoms with van der Waals surface area (Å²) in [6.07, 6.45) is 3.47. The van der Waals surface area contributed by atoms with Crippen LogP contribution in [0.4, 0.5) is 11.5 Å². The van der Waals surface area contributed by atoms with Crippen LogP contribution in [0.25, 0.3) is 27.8 Å². The second-order valence-electron chi connectivity index (χ2n) is 7.04. The first kappa shape index (κ1) is 16.6. The van der Waals surface area contributed by atoms with Crippen LogP contribution in [-0.2, 0) is 0 Å². The highest BCUT2D eigenvalue weighted by molar-refractivity contribution is 5.88. The maximum absolute atomic E-state index is 9.45. The van der Waals surface area contributed by atoms with Crippen LogP contribution >= 0.6 is 0 Å². The summed E-state index contributed by atoms with van der Waals surface area (Å²) in [6.45, 7) is 1.07. The lowest BCUT2D eigenvalue weighted by molar-refractivity contribution is 0.171. The molecule has 0 unspecified atom stereocenters. The molecule has 8 heteroatoms. The zero-order valence-electron chi connectivity index (χ0n) is 15.8. The van der Waals surface area contributed by atoms with E-state index in [1.807, 2.05) is 36.5 Å². The van der Waals surface area contributed by atoms with E-state index in [9.17, 15) is 5.26 Å². The largest absolute Gasteiger partial charge is 0.486 e. The van der Waals surface area contributed by atoms with Gasteiger partial charge in [-0.1, -0.05) is 12.1 Å². The van der Waals surface area contributed by atoms with Gasteiger partial charge in [-0.3, -0.25) is 0 Å². The Labute approximate surface area is 170 Å². The van der Waals surface area contributed by atoms with Crippen LogP contribution < -0.4 is 14.8 Å². The average molecular weight is 396 g/mol. The molecule has 0 radical (unpaired) electrons. The second kappa shape index (κ2) is 6.32. The molecule has 0 fully saturated rings. The molecule has 4 heterocycles. The van der Waals surface area contributed by atoms with Crippen molar-refractivity contribution < 1.29 is 9.47 Å². The Hall–Kier alpha value is -4.38. The number of H-pyrrole nitrogens is 2. The predicted molar refractivity (Wildman–Crippen MR) is 112 cm³/mol. The second-order valence-corrected chi connectivity index (χ2v) is 7.04. The Morgan fingerprint density at radius 2 is 1.97 bits per heavy atom. The fourth-order valence-corrected chi connectivity index (χ4v) is 3.79. The summed E-state index contributed by atoms with van der Waals surface area (Å²) in [7, 11) is 0. The van der Waals surface area contributed by atoms with Crippen LogP contribution in [0, 0.1) is 11.3 Å². The number of benzene rings is 2. The highest BCUT2D eigenvalue weighted by atomic mass is 16.6. The van der Waals surface area contributed by atoms with Crippen LogP contribution in [0.3, 0.4) is 0 Å². The lowest BCUT2D eigenvalue weighted by Crippen LogP contribution is -2.15. The molecule has 0 atom stereocenters. The highest BCUT2D eigenvalue weighted by Crippen LogP contribution is 2.37. The van der Waals surface area contributed by atoms with Crippen LogP contribution in [0.2, 0.25) is 0 Å². The van der Waals surface area contributed by atoms with Gasteiger partial charge in [0.25, 0.3) is 0 Å². The molecule has 8 nitrogen and oxygen atoms in total. The maximum Gasteiger partial charge on any atom is 0.163 e. The molecule has 5 aromatic rings. The zero-order valence-corrected chi connectivity index (χ0v) is 15.8. The van der Waals surface area contributed by atoms with Crippen molar-refractivity contribution in [1.29, 1.82) is 5.26 Å². The van der Waals surface area contributed by atoms with Crippen LogP contribution in [0.1, 0.15) is 5.56 Å². The summed E-state index contributed by atoms with van der Waals surface area (Å²) in [5, 5.41) is 18.4. The van der Waals surface area contributed by atoms with E-state index in [4.69, 9.17) is 9.47 Å². The smallest absolute Gasteiger partial charge is 0.163 e. The topological polar surface area (TPSA) is 103 Å². The minimum Gasteiger partial charge on any atom is -0.486 e. The summed E-state index contributed by atoms with van der Waals surface area (Å²) in [5.74, 6) is 2.16. The van der Waals surface area contributed by atoms with Crippen LogP contribution in [-0.4, -0.2) is 32.8 Å². The summed E-state index contributed by atoms with van der Waals surface area (Å²) >= 11 is 0. The fraction of sp³-hybridized carbons (Fsp3) is 0.0909. The minimum atomic E-state index is 0.479. The normalized spacial score (nSPS) is 12.9. The highest BCUT2D eigenvalue weighted by Gasteiger charge is 2.19. The Morgan fingerprint density at radius 3 is 2.87 bits per heavy atom. The molecule has 0 saturated heterocycles. The monoisotopic (exact) mass is 396 g/mol. The van der Waals surface area contributed by atoms with Crippen molar-refractivity contribution in [2.75, 3.05) is 18.5 Å². The average Bonchev–Trinajstić information content (AvgIpc) is 3.49. The van der Waals surface area contributed by atoms with Crippen molar-refractivity contribution in [3.8, 4) is 28.8 Å². The molecule has 30 heavy (non-hydrogen) atoms. The Bertz CT molecular complexity index is 1450. The number of anilines is 2. The lowest BCUT2D eigenvalue weighted by atomic mass is 10.1. The molecule has 0 saturated carbocycles. The number of hydrogen-bond donors (Lipinski definition) is 3. The number of imidazole rings is 1. The van der Waals surface area contributed by atoms with Gasteiger partial charge in [0.1, 0.15) is 24.8 Å². The zero-order chi connectivity index (χ0) is 20.1. The van der Waals surface area contributed by atoms with Gasteiger partial charge in [0, 0.05) is 29.0 Å². The molecule has 1 aliphatic heterocycles. The Balaban J connectivity index is 1.50. The van der Waals surface area contributed by atoms with E-state index in [0.29, 0.717) is 30.2 Å². The number of aromatic nitrogens is 4. The number of rotatable bonds is 3. The molecule has 6 rings (SSSR count). The first-order chi connectivity index (χ1) is 14.8. The number of hydrogen-bond acceptors (Lipinski definition) is 5. The molecule has 3 N–H and O–H groups in total. The molecule has 0 bridgehead atoms. The minimum absolute atomic E-state index is 0.479. The molecule has 0 spiro atoms. The fourth-order valence-electron chi connectivity index (χ4n) is 3.79. The van der Waals surface area contributed by atoms with E-state index in [2.05, 4.69) is 38.6 Å². The predicted octanol–water partition coefficient (Wildman–Crippen LogP) is 4.20. The van der Waals surface area contributed by atoms with Gasteiger partial charge in [-0.2, -0.15) is 14.9 Å². The third-order valence-electron chi connectivity index (χ3n) is 5.23. The number of nitrogens with one attached hydrogen (secondary N) is 3. The summed E-state index contributed by atoms with van der Waals surface area (Å²) < 4.78 is 13.0. The summed E-state index contributed by atoms with van der Waals surface area (Å²) in [4.78, 5) is 6.61. The molecule has 1 aliphatic rings. The van der Waals surface area contributed by atoms with Crippen LogP contribution in [0.15, 0.2) is 54.9 Å². The van der Waals surface area contributed by atoms with Crippen molar-refractivity contribution in [3.05, 3.63) is 60.4 Å². The third-order valence-corrected chi connectivity index (χ3v) is 5.23. The van der Waals surface area contributed by atoms with Gasteiger partial charge in [0.2, 0.25) is 0 Å². The van der Waals surface area contributed by atoms with Crippen molar-refractivity contribution in [2.45, 2.75) is 0 Å². The number of ether oxygens (including phenoxy) is 2. The number of nitriles is 1. The molecule has 0 amide bonds. The molecular weight excluding hydrogens is 380 g/mol. The third kappa shape index (κ3) is 2.49. The maximum atomic E-state index is 9.45. The van der Waals surface area contributed by atoms with E-state index in [1.165, 1.54) is 0 Å². The molecular formula is C22H16N6O2. The van der Waals surface area contributed by atoms with Gasteiger partial charge in [0.15, 0.2) is 23.0 Å². The first-order valence-corrected chi connectivity index (χ1v) is 9.54. The van der Waals surface area contributed by atoms with Gasteiger partial charge >= 0.3 is 0 Å². The van der Waals surface area contributed by atoms with E-state index < -0.39 is 0 Å². The lowest BCUT2D eigenvalue weighted by Gasteiger charge is -2.19. The number of fused-ring (bicyclic) bond motifs is 3. The summed E-state index contributed by atoms with van der Waals surface area (Å²) in [5.41, 5.74) is 4.79. The number of aromatic amines is 2. The van der Waals surface area contributed by atoms with E-state index >= 15 is 0 Å². The Morgan fingerprint density at radius 1 is 1.07 bits per heavy atom. The molecule has 3 aromatic heterocycles. The molecule has 146 valence electrons. The van der Waals surface area contributed by atoms with Crippen molar-refractivity contribution in [2.24, 2.45) is 0 Å². The molecule has 2 aromatic carbocycles. The van der Waals surface area contributed by atoms with E-state index in [-0.39, 0.29) is 0 Å². The summed E-state index contributed by atoms with van der Waals surface area (Å²) in [6, 6.07) is 16.1. The quantitative estimate of drug-likeness (QED) is 0.424. The molecule has 0 aliphatic carbocycles. The van der Waals surface area contributed by atoms with Gasteiger partial charge < -0.3 is 24.8 Å². The first-order valence-electron chi connectivity index (χ1n) is 9.54. The van der Waals surface area contributed by atoms with Gasteiger partial charge in [-0.15, -0.1) is 0 Å². The van der Waals surface area contributed by atoms with Crippen molar-refractivity contribution in [3.63, 3.8) is 0 Å². The standard InChI is InChI=1S/C22H16N6O2/c23-11-15-12-25-28-21(15)27-20(14-2-1-13-5-6-24-17(13)9-14)22(28)26-16-3-4-18-19(10-16)30-8-7-29-18/h1-6,9-10,12,24,26-27H,7-8H2. The Kier molecular flexibility index (Phi) is 3.49. The van der Waals surface area contributed by atoms with E-state index in [1.54, 1.807) is 10.7 Å². The van der Waals surface area contributed by atoms with Crippen molar-refractivity contribution in [1.82, 2.24) is 19.6 Å². The van der Waals surface area contributed by atoms with Gasteiger partial charge in [-0.05, 0) is 29.7 Å². The number of nitrogens with zero attached hydrogens (tertiary/aromatic N) is 3.